The van der Waals surface area contributed by atoms with E-state index in [1.54, 1.807) is 18.2 Å². The van der Waals surface area contributed by atoms with Gasteiger partial charge >= 0.3 is 6.36 Å². The molecule has 7 heteroatoms. The fourth-order valence-corrected chi connectivity index (χ4v) is 3.80. The maximum Gasteiger partial charge on any atom is 0.573 e. The molecule has 0 spiro atoms. The molecule has 3 aromatic carbocycles. The number of benzene rings is 3. The lowest BCUT2D eigenvalue weighted by Crippen LogP contribution is -2.17. The third-order valence-electron chi connectivity index (χ3n) is 5.22. The van der Waals surface area contributed by atoms with E-state index in [1.807, 2.05) is 22.8 Å². The van der Waals surface area contributed by atoms with Crippen LogP contribution in [0, 0.1) is 6.07 Å². The summed E-state index contributed by atoms with van der Waals surface area (Å²) in [6.45, 7) is 4.41. The van der Waals surface area contributed by atoms with Gasteiger partial charge in [0.25, 0.3) is 0 Å². The number of halogens is 3. The summed E-state index contributed by atoms with van der Waals surface area (Å²) in [5.74, 6) is -0.573. The molecule has 2 N–H and O–H groups in total. The molecule has 0 aliphatic carbocycles. The van der Waals surface area contributed by atoms with Gasteiger partial charge in [0.15, 0.2) is 0 Å². The van der Waals surface area contributed by atoms with Crippen LogP contribution in [0.5, 0.6) is 5.75 Å². The normalized spacial score (nSPS) is 12.1. The van der Waals surface area contributed by atoms with E-state index >= 15 is 0 Å². The molecule has 4 nitrogen and oxygen atoms in total. The predicted molar refractivity (Wildman–Crippen MR) is 113 cm³/mol. The van der Waals surface area contributed by atoms with Crippen LogP contribution in [-0.4, -0.2) is 16.8 Å². The summed E-state index contributed by atoms with van der Waals surface area (Å²) in [5.41, 5.74) is 9.26. The monoisotopic (exact) mass is 425 g/mol. The molecule has 0 fully saturated rings. The molecular weight excluding hydrogens is 405 g/mol. The van der Waals surface area contributed by atoms with Gasteiger partial charge in [0, 0.05) is 22.9 Å². The Morgan fingerprint density at radius 2 is 1.87 bits per heavy atom. The topological polar surface area (TPSA) is 57.2 Å². The number of ether oxygens (including phenoxy) is 1. The van der Waals surface area contributed by atoms with Crippen molar-refractivity contribution in [2.24, 2.45) is 5.73 Å². The maximum absolute atomic E-state index is 12.6. The van der Waals surface area contributed by atoms with Crippen LogP contribution in [0.2, 0.25) is 0 Å². The van der Waals surface area contributed by atoms with E-state index in [0.717, 1.165) is 22.0 Å². The van der Waals surface area contributed by atoms with Crippen LogP contribution in [0.25, 0.3) is 21.8 Å². The Labute approximate surface area is 177 Å². The van der Waals surface area contributed by atoms with E-state index in [4.69, 9.17) is 5.73 Å². The minimum Gasteiger partial charge on any atom is -0.406 e. The Morgan fingerprint density at radius 1 is 1.13 bits per heavy atom. The second-order valence-corrected chi connectivity index (χ2v) is 7.69. The minimum absolute atomic E-state index is 0.256. The molecule has 1 radical (unpaired) electrons. The van der Waals surface area contributed by atoms with E-state index in [0.29, 0.717) is 16.5 Å². The van der Waals surface area contributed by atoms with Gasteiger partial charge in [-0.1, -0.05) is 38.1 Å². The molecule has 1 aromatic heterocycles. The van der Waals surface area contributed by atoms with Crippen molar-refractivity contribution in [1.82, 2.24) is 4.57 Å². The molecule has 31 heavy (non-hydrogen) atoms. The van der Waals surface area contributed by atoms with Crippen molar-refractivity contribution >= 4 is 27.7 Å². The van der Waals surface area contributed by atoms with Gasteiger partial charge < -0.3 is 15.0 Å². The molecular formula is C24H20F3N2O2. The molecule has 1 heterocycles. The van der Waals surface area contributed by atoms with Gasteiger partial charge in [0.1, 0.15) is 5.75 Å². The summed E-state index contributed by atoms with van der Waals surface area (Å²) in [6.07, 6.45) is -4.76. The van der Waals surface area contributed by atoms with Crippen LogP contribution in [-0.2, 0) is 6.54 Å². The largest absolute Gasteiger partial charge is 0.573 e. The second-order valence-electron chi connectivity index (χ2n) is 7.69. The molecule has 4 aromatic rings. The molecule has 4 rings (SSSR count). The minimum atomic E-state index is -4.76. The molecule has 0 saturated carbocycles. The molecule has 0 aliphatic heterocycles. The summed E-state index contributed by atoms with van der Waals surface area (Å²) in [6, 6.07) is 18.3. The highest BCUT2D eigenvalue weighted by molar-refractivity contribution is 6.17. The number of aromatic nitrogens is 1. The summed E-state index contributed by atoms with van der Waals surface area (Å²) in [4.78, 5) is 12.1. The number of alkyl halides is 3. The van der Waals surface area contributed by atoms with Crippen LogP contribution >= 0.6 is 0 Å². The Morgan fingerprint density at radius 3 is 2.55 bits per heavy atom. The van der Waals surface area contributed by atoms with Crippen LogP contribution in [0.15, 0.2) is 54.6 Å². The quantitative estimate of drug-likeness (QED) is 0.442. The van der Waals surface area contributed by atoms with Gasteiger partial charge in [-0.2, -0.15) is 0 Å². The van der Waals surface area contributed by atoms with Gasteiger partial charge in [0.05, 0.1) is 11.0 Å². The highest BCUT2D eigenvalue weighted by Crippen LogP contribution is 2.34. The number of carbonyl (C=O) groups is 1. The standard InChI is InChI=1S/C24H20F3N2O2/c1-14(2)16-9-10-18-21(12-16)29(20-8-4-7-19(22(18)20)23(28)30)13-15-5-3-6-17(11-15)31-24(25,26)27/h3-9,11-12,14H,13H2,1-2H3,(H2,28,30). The molecule has 0 unspecified atom stereocenters. The van der Waals surface area contributed by atoms with E-state index in [9.17, 15) is 18.0 Å². The average Bonchev–Trinajstić information content (AvgIpc) is 3.00. The molecule has 0 aliphatic rings. The first-order valence-corrected chi connectivity index (χ1v) is 9.75. The van der Waals surface area contributed by atoms with Crippen molar-refractivity contribution in [3.63, 3.8) is 0 Å². The number of rotatable bonds is 5. The number of amides is 1. The third-order valence-corrected chi connectivity index (χ3v) is 5.22. The van der Waals surface area contributed by atoms with Crippen LogP contribution in [0.4, 0.5) is 13.2 Å². The zero-order chi connectivity index (χ0) is 22.3. The Kier molecular flexibility index (Phi) is 5.13. The van der Waals surface area contributed by atoms with Crippen molar-refractivity contribution in [2.45, 2.75) is 32.7 Å². The smallest absolute Gasteiger partial charge is 0.406 e. The third kappa shape index (κ3) is 4.08. The zero-order valence-corrected chi connectivity index (χ0v) is 17.0. The fraction of sp³-hybridized carbons (Fsp3) is 0.208. The molecule has 0 atom stereocenters. The number of hydrogen-bond acceptors (Lipinski definition) is 2. The molecule has 0 bridgehead atoms. The number of nitrogens with zero attached hydrogens (tertiary/aromatic N) is 1. The molecule has 159 valence electrons. The molecule has 1 amide bonds. The van der Waals surface area contributed by atoms with Gasteiger partial charge in [-0.25, -0.2) is 0 Å². The highest BCUT2D eigenvalue weighted by atomic mass is 19.4. The van der Waals surface area contributed by atoms with E-state index < -0.39 is 12.3 Å². The molecule has 0 saturated heterocycles. The maximum atomic E-state index is 12.6. The van der Waals surface area contributed by atoms with E-state index in [2.05, 4.69) is 24.7 Å². The first-order chi connectivity index (χ1) is 14.6. The van der Waals surface area contributed by atoms with Gasteiger partial charge in [-0.05, 0) is 53.4 Å². The van der Waals surface area contributed by atoms with Gasteiger partial charge in [-0.3, -0.25) is 4.79 Å². The van der Waals surface area contributed by atoms with Crippen molar-refractivity contribution < 1.29 is 22.7 Å². The van der Waals surface area contributed by atoms with Crippen LogP contribution in [0.3, 0.4) is 0 Å². The Balaban J connectivity index is 1.92. The van der Waals surface area contributed by atoms with Crippen molar-refractivity contribution in [3.8, 4) is 5.75 Å². The first-order valence-electron chi connectivity index (χ1n) is 9.75. The van der Waals surface area contributed by atoms with Gasteiger partial charge in [-0.15, -0.1) is 13.2 Å². The summed E-state index contributed by atoms with van der Waals surface area (Å²) >= 11 is 0. The zero-order valence-electron chi connectivity index (χ0n) is 17.0. The second kappa shape index (κ2) is 7.65. The van der Waals surface area contributed by atoms with Crippen LogP contribution < -0.4 is 10.5 Å². The lowest BCUT2D eigenvalue weighted by atomic mass is 10.00. The van der Waals surface area contributed by atoms with Crippen LogP contribution in [0.1, 0.15) is 41.3 Å². The lowest BCUT2D eigenvalue weighted by molar-refractivity contribution is -0.274. The number of hydrogen-bond donors (Lipinski definition) is 1. The lowest BCUT2D eigenvalue weighted by Gasteiger charge is -2.12. The number of carbonyl (C=O) groups excluding carboxylic acids is 1. The number of fused-ring (bicyclic) bond motifs is 3. The Hall–Kier alpha value is -3.48. The summed E-state index contributed by atoms with van der Waals surface area (Å²) in [7, 11) is 0. The highest BCUT2D eigenvalue weighted by Gasteiger charge is 2.31. The Bertz CT molecular complexity index is 1290. The first kappa shape index (κ1) is 20.8. The predicted octanol–water partition coefficient (Wildman–Crippen LogP) is 5.76. The summed E-state index contributed by atoms with van der Waals surface area (Å²) < 4.78 is 43.9. The van der Waals surface area contributed by atoms with Crippen molar-refractivity contribution in [3.05, 3.63) is 77.4 Å². The SMILES string of the molecule is CC(C)c1c[c]c2c3c(C(N)=O)cccc3n(Cc3cccc(OC(F)(F)F)c3)c2c1. The fourth-order valence-electron chi connectivity index (χ4n) is 3.80. The van der Waals surface area contributed by atoms with Crippen molar-refractivity contribution in [2.75, 3.05) is 0 Å². The number of primary amides is 1. The van der Waals surface area contributed by atoms with Gasteiger partial charge in [0.2, 0.25) is 5.91 Å². The number of nitrogens with two attached hydrogens (primary N) is 1. The summed E-state index contributed by atoms with van der Waals surface area (Å²) in [5, 5.41) is 1.43. The van der Waals surface area contributed by atoms with E-state index in [-0.39, 0.29) is 18.2 Å². The van der Waals surface area contributed by atoms with Crippen molar-refractivity contribution in [1.29, 1.82) is 0 Å². The van der Waals surface area contributed by atoms with E-state index in [1.165, 1.54) is 18.2 Å². The average molecular weight is 425 g/mol.